The van der Waals surface area contributed by atoms with Crippen molar-refractivity contribution in [1.82, 2.24) is 15.2 Å². The van der Waals surface area contributed by atoms with Gasteiger partial charge in [0.05, 0.1) is 5.52 Å². The predicted molar refractivity (Wildman–Crippen MR) is 128 cm³/mol. The largest absolute Gasteiger partial charge is 0.402 e. The van der Waals surface area contributed by atoms with Crippen LogP contribution in [0, 0.1) is 6.92 Å². The van der Waals surface area contributed by atoms with Crippen LogP contribution in [0.25, 0.3) is 22.5 Å². The molecule has 1 aromatic carbocycles. The Bertz CT molecular complexity index is 1290. The molecule has 0 aliphatic heterocycles. The molecule has 0 unspecified atom stereocenters. The molecule has 2 aromatic heterocycles. The Labute approximate surface area is 205 Å². The highest BCUT2D eigenvalue weighted by Crippen LogP contribution is 2.41. The number of hydrogen-bond donors (Lipinski definition) is 3. The molecular formula is C25H29F4N5O2. The fourth-order valence-corrected chi connectivity index (χ4v) is 4.89. The van der Waals surface area contributed by atoms with E-state index in [4.69, 9.17) is 9.40 Å². The number of fused-ring (bicyclic) bond motifs is 1. The Morgan fingerprint density at radius 1 is 1.03 bits per heavy atom. The molecule has 5 rings (SSSR count). The van der Waals surface area contributed by atoms with Crippen molar-refractivity contribution in [3.63, 3.8) is 0 Å². The summed E-state index contributed by atoms with van der Waals surface area (Å²) in [6.45, 7) is 8.10. The van der Waals surface area contributed by atoms with Gasteiger partial charge in [-0.3, -0.25) is 0 Å². The summed E-state index contributed by atoms with van der Waals surface area (Å²) in [6.07, 6.45) is -3.39. The van der Waals surface area contributed by atoms with E-state index in [9.17, 15) is 22.7 Å². The van der Waals surface area contributed by atoms with E-state index in [1.54, 1.807) is 0 Å². The van der Waals surface area contributed by atoms with E-state index in [-0.39, 0.29) is 49.0 Å². The highest BCUT2D eigenvalue weighted by Gasteiger charge is 2.50. The van der Waals surface area contributed by atoms with Crippen LogP contribution in [0.4, 0.5) is 29.3 Å². The van der Waals surface area contributed by atoms with Crippen LogP contribution in [0.5, 0.6) is 0 Å². The minimum atomic E-state index is -2.80. The maximum absolute atomic E-state index is 13.3. The first-order valence-electron chi connectivity index (χ1n) is 11.9. The number of halogens is 4. The van der Waals surface area contributed by atoms with Crippen LogP contribution in [-0.2, 0) is 5.41 Å². The minimum absolute atomic E-state index is 0.0683. The maximum atomic E-state index is 13.3. The zero-order valence-electron chi connectivity index (χ0n) is 20.5. The first-order chi connectivity index (χ1) is 16.7. The van der Waals surface area contributed by atoms with Gasteiger partial charge in [0.2, 0.25) is 0 Å². The van der Waals surface area contributed by atoms with Crippen molar-refractivity contribution < 1.29 is 27.1 Å². The van der Waals surface area contributed by atoms with E-state index < -0.39 is 24.0 Å². The summed E-state index contributed by atoms with van der Waals surface area (Å²) < 4.78 is 58.1. The zero-order chi connectivity index (χ0) is 26.0. The van der Waals surface area contributed by atoms with Gasteiger partial charge in [-0.1, -0.05) is 25.9 Å². The second kappa shape index (κ2) is 8.29. The Morgan fingerprint density at radius 2 is 1.69 bits per heavy atom. The molecule has 2 aliphatic carbocycles. The summed E-state index contributed by atoms with van der Waals surface area (Å²) in [6, 6.07) is 5.10. The quantitative estimate of drug-likeness (QED) is 0.370. The monoisotopic (exact) mass is 507 g/mol. The highest BCUT2D eigenvalue weighted by molar-refractivity contribution is 5.91. The van der Waals surface area contributed by atoms with Crippen LogP contribution in [0.2, 0.25) is 0 Å². The molecule has 2 fully saturated rings. The molecule has 0 saturated heterocycles. The van der Waals surface area contributed by atoms with Gasteiger partial charge in [-0.05, 0) is 41.7 Å². The number of hydrogen-bond acceptors (Lipinski definition) is 7. The lowest BCUT2D eigenvalue weighted by Crippen LogP contribution is -2.55. The van der Waals surface area contributed by atoms with E-state index in [1.807, 2.05) is 25.1 Å². The van der Waals surface area contributed by atoms with Gasteiger partial charge in [-0.25, -0.2) is 22.5 Å². The summed E-state index contributed by atoms with van der Waals surface area (Å²) in [5.74, 6) is -2.43. The number of aromatic nitrogens is 3. The molecule has 194 valence electrons. The molecule has 3 N–H and O–H groups in total. The second-order valence-corrected chi connectivity index (χ2v) is 11.2. The lowest BCUT2D eigenvalue weighted by atomic mass is 9.76. The van der Waals surface area contributed by atoms with Crippen LogP contribution in [0.1, 0.15) is 57.6 Å². The zero-order valence-corrected chi connectivity index (χ0v) is 20.5. The van der Waals surface area contributed by atoms with E-state index in [1.165, 1.54) is 0 Å². The van der Waals surface area contributed by atoms with Crippen molar-refractivity contribution in [1.29, 1.82) is 0 Å². The van der Waals surface area contributed by atoms with Crippen LogP contribution in [0.15, 0.2) is 22.6 Å². The molecule has 0 amide bonds. The number of nitrogens with one attached hydrogen (secondary N) is 2. The number of anilines is 2. The molecule has 0 atom stereocenters. The molecule has 0 bridgehead atoms. The molecule has 36 heavy (non-hydrogen) atoms. The van der Waals surface area contributed by atoms with E-state index in [2.05, 4.69) is 41.6 Å². The lowest BCUT2D eigenvalue weighted by molar-refractivity contribution is -0.148. The molecule has 7 nitrogen and oxygen atoms in total. The van der Waals surface area contributed by atoms with Crippen molar-refractivity contribution in [3.05, 3.63) is 29.3 Å². The van der Waals surface area contributed by atoms with Gasteiger partial charge in [-0.2, -0.15) is 0 Å². The second-order valence-electron chi connectivity index (χ2n) is 11.2. The summed E-state index contributed by atoms with van der Waals surface area (Å²) in [7, 11) is 0. The molecule has 2 saturated carbocycles. The van der Waals surface area contributed by atoms with Gasteiger partial charge in [0.15, 0.2) is 0 Å². The van der Waals surface area contributed by atoms with E-state index >= 15 is 0 Å². The summed E-state index contributed by atoms with van der Waals surface area (Å²) in [4.78, 5) is 4.81. The minimum Gasteiger partial charge on any atom is -0.402 e. The predicted octanol–water partition coefficient (Wildman–Crippen LogP) is 5.67. The number of benzene rings is 1. The Balaban J connectivity index is 1.42. The SMILES string of the molecule is Cc1cc(-c2nnc(NC3CC(O)(C(F)F)C3)o2)nc2c(C(C)(C)C)cc(NC3CC(F)(F)C3)cc12. The van der Waals surface area contributed by atoms with Gasteiger partial charge < -0.3 is 20.2 Å². The topological polar surface area (TPSA) is 96.1 Å². The molecular weight excluding hydrogens is 478 g/mol. The van der Waals surface area contributed by atoms with E-state index in [0.717, 1.165) is 27.7 Å². The lowest BCUT2D eigenvalue weighted by Gasteiger charge is -2.42. The van der Waals surface area contributed by atoms with Crippen LogP contribution < -0.4 is 10.6 Å². The van der Waals surface area contributed by atoms with Gasteiger partial charge in [-0.15, -0.1) is 5.10 Å². The van der Waals surface area contributed by atoms with Crippen LogP contribution in [-0.4, -0.2) is 50.3 Å². The van der Waals surface area contributed by atoms with Gasteiger partial charge in [0.25, 0.3) is 18.2 Å². The normalized spacial score (nSPS) is 24.0. The van der Waals surface area contributed by atoms with Crippen molar-refractivity contribution >= 4 is 22.6 Å². The molecule has 2 aliphatic rings. The Morgan fingerprint density at radius 3 is 2.31 bits per heavy atom. The smallest absolute Gasteiger partial charge is 0.316 e. The fraction of sp³-hybridized carbons (Fsp3) is 0.560. The number of alkyl halides is 4. The molecule has 0 radical (unpaired) electrons. The summed E-state index contributed by atoms with van der Waals surface area (Å²) in [5, 5.41) is 24.8. The number of nitrogens with zero attached hydrogens (tertiary/aromatic N) is 3. The molecule has 11 heteroatoms. The summed E-state index contributed by atoms with van der Waals surface area (Å²) >= 11 is 0. The van der Waals surface area contributed by atoms with Crippen molar-refractivity contribution in [2.45, 2.75) is 88.8 Å². The number of pyridine rings is 1. The molecule has 3 aromatic rings. The maximum Gasteiger partial charge on any atom is 0.316 e. The number of aryl methyl sites for hydroxylation is 1. The van der Waals surface area contributed by atoms with Crippen molar-refractivity contribution in [3.8, 4) is 11.6 Å². The van der Waals surface area contributed by atoms with Crippen molar-refractivity contribution in [2.24, 2.45) is 0 Å². The van der Waals surface area contributed by atoms with Gasteiger partial charge in [0.1, 0.15) is 11.3 Å². The van der Waals surface area contributed by atoms with E-state index in [0.29, 0.717) is 5.69 Å². The third kappa shape index (κ3) is 4.60. The summed E-state index contributed by atoms with van der Waals surface area (Å²) in [5.41, 5.74) is 1.56. The van der Waals surface area contributed by atoms with Crippen LogP contribution in [0.3, 0.4) is 0 Å². The molecule has 0 spiro atoms. The third-order valence-corrected chi connectivity index (χ3v) is 6.97. The average molecular weight is 508 g/mol. The first kappa shape index (κ1) is 24.7. The first-order valence-corrected chi connectivity index (χ1v) is 11.9. The number of rotatable bonds is 6. The number of aliphatic hydroxyl groups is 1. The fourth-order valence-electron chi connectivity index (χ4n) is 4.89. The standard InChI is InChI=1S/C25H29F4N5O2/c1-12-5-18(20-33-34-22(36-20)31-14-8-24(35,9-14)21(26)27)32-19-16(12)6-13(7-17(19)23(2,3)4)30-15-10-25(28,29)11-15/h5-7,14-15,21,30,35H,8-11H2,1-4H3,(H,31,34). The molecule has 2 heterocycles. The Kier molecular flexibility index (Phi) is 5.70. The van der Waals surface area contributed by atoms with Gasteiger partial charge >= 0.3 is 6.01 Å². The van der Waals surface area contributed by atoms with Crippen LogP contribution >= 0.6 is 0 Å². The average Bonchev–Trinajstić information content (AvgIpc) is 3.19. The highest BCUT2D eigenvalue weighted by atomic mass is 19.3. The third-order valence-electron chi connectivity index (χ3n) is 6.97. The van der Waals surface area contributed by atoms with Crippen molar-refractivity contribution in [2.75, 3.05) is 10.6 Å². The Hall–Kier alpha value is -2.95. The van der Waals surface area contributed by atoms with Gasteiger partial charge in [0, 0.05) is 48.8 Å².